The molecule has 0 amide bonds. The maximum atomic E-state index is 12.5. The number of nitrogens with one attached hydrogen (secondary N) is 2. The molecule has 6 nitrogen and oxygen atoms in total. The van der Waals surface area contributed by atoms with E-state index in [1.54, 1.807) is 4.31 Å². The van der Waals surface area contributed by atoms with Crippen molar-refractivity contribution in [3.63, 3.8) is 0 Å². The lowest BCUT2D eigenvalue weighted by molar-refractivity contribution is 0.311. The number of aryl methyl sites for hydroxylation is 1. The second-order valence-electron chi connectivity index (χ2n) is 6.59. The minimum atomic E-state index is -3.11. The summed E-state index contributed by atoms with van der Waals surface area (Å²) in [5, 5.41) is 3.99. The van der Waals surface area contributed by atoms with E-state index in [1.165, 1.54) is 10.9 Å². The summed E-state index contributed by atoms with van der Waals surface area (Å²) in [7, 11) is -3.11. The van der Waals surface area contributed by atoms with E-state index in [4.69, 9.17) is 0 Å². The fourth-order valence-corrected chi connectivity index (χ4v) is 5.36. The number of aromatic nitrogens is 2. The third-order valence-electron chi connectivity index (χ3n) is 5.13. The number of hydrogen-bond donors (Lipinski definition) is 2. The molecule has 0 saturated carbocycles. The van der Waals surface area contributed by atoms with Crippen LogP contribution in [0.25, 0.3) is 11.0 Å². The van der Waals surface area contributed by atoms with E-state index in [-0.39, 0.29) is 5.25 Å². The van der Waals surface area contributed by atoms with Crippen LogP contribution in [0.2, 0.25) is 0 Å². The molecular formula is C16H22N4O2S. The minimum absolute atomic E-state index is 0.223. The van der Waals surface area contributed by atoms with E-state index in [0.29, 0.717) is 32.1 Å². The highest BCUT2D eigenvalue weighted by molar-refractivity contribution is 7.89. The quantitative estimate of drug-likeness (QED) is 0.888. The molecule has 2 fully saturated rings. The van der Waals surface area contributed by atoms with Crippen molar-refractivity contribution < 1.29 is 8.42 Å². The fraction of sp³-hybridized carbons (Fsp3) is 0.562. The largest absolute Gasteiger partial charge is 0.346 e. The number of nitrogens with zero attached hydrogens (tertiary/aromatic N) is 2. The predicted molar refractivity (Wildman–Crippen MR) is 90.0 cm³/mol. The number of fused-ring (bicyclic) bond motifs is 1. The number of H-pyrrole nitrogens is 1. The molecule has 2 saturated heterocycles. The summed E-state index contributed by atoms with van der Waals surface area (Å²) < 4.78 is 26.6. The number of hydrogen-bond acceptors (Lipinski definition) is 4. The maximum absolute atomic E-state index is 12.5. The van der Waals surface area contributed by atoms with Gasteiger partial charge in [0.1, 0.15) is 10.9 Å². The van der Waals surface area contributed by atoms with Gasteiger partial charge in [0.2, 0.25) is 10.0 Å². The molecule has 0 bridgehead atoms. The van der Waals surface area contributed by atoms with Crippen LogP contribution in [-0.4, -0.2) is 54.1 Å². The van der Waals surface area contributed by atoms with Crippen molar-refractivity contribution in [3.05, 3.63) is 29.6 Å². The monoisotopic (exact) mass is 334 g/mol. The van der Waals surface area contributed by atoms with Crippen LogP contribution in [0.5, 0.6) is 0 Å². The van der Waals surface area contributed by atoms with Gasteiger partial charge in [0.25, 0.3) is 0 Å². The van der Waals surface area contributed by atoms with Gasteiger partial charge < -0.3 is 10.3 Å². The zero-order chi connectivity index (χ0) is 16.0. The molecule has 7 heteroatoms. The van der Waals surface area contributed by atoms with Crippen molar-refractivity contribution in [2.24, 2.45) is 0 Å². The Bertz CT molecular complexity index is 818. The summed E-state index contributed by atoms with van der Waals surface area (Å²) in [6, 6.07) is 4.15. The molecule has 0 aromatic carbocycles. The third kappa shape index (κ3) is 2.56. The van der Waals surface area contributed by atoms with Gasteiger partial charge in [0, 0.05) is 43.5 Å². The van der Waals surface area contributed by atoms with Gasteiger partial charge in [-0.25, -0.2) is 17.7 Å². The Morgan fingerprint density at radius 1 is 1.22 bits per heavy atom. The van der Waals surface area contributed by atoms with Gasteiger partial charge >= 0.3 is 0 Å². The van der Waals surface area contributed by atoms with Crippen molar-refractivity contribution >= 4 is 21.1 Å². The number of rotatable bonds is 3. The first-order chi connectivity index (χ1) is 11.1. The molecular weight excluding hydrogens is 312 g/mol. The van der Waals surface area contributed by atoms with Crippen molar-refractivity contribution in [2.75, 3.05) is 26.2 Å². The molecule has 4 heterocycles. The van der Waals surface area contributed by atoms with Crippen LogP contribution in [0.1, 0.15) is 30.0 Å². The third-order valence-corrected chi connectivity index (χ3v) is 7.39. The van der Waals surface area contributed by atoms with Crippen molar-refractivity contribution in [1.82, 2.24) is 19.6 Å². The van der Waals surface area contributed by atoms with Crippen LogP contribution in [0.15, 0.2) is 18.3 Å². The second-order valence-corrected chi connectivity index (χ2v) is 8.80. The van der Waals surface area contributed by atoms with E-state index in [1.807, 2.05) is 19.2 Å². The fourth-order valence-electron chi connectivity index (χ4n) is 3.57. The second kappa shape index (κ2) is 5.58. The van der Waals surface area contributed by atoms with Crippen LogP contribution in [0.4, 0.5) is 0 Å². The lowest BCUT2D eigenvalue weighted by Crippen LogP contribution is -2.56. The van der Waals surface area contributed by atoms with E-state index in [0.717, 1.165) is 24.2 Å². The molecule has 0 aliphatic carbocycles. The lowest BCUT2D eigenvalue weighted by Gasteiger charge is -2.36. The van der Waals surface area contributed by atoms with Crippen LogP contribution in [0, 0.1) is 6.92 Å². The van der Waals surface area contributed by atoms with E-state index in [2.05, 4.69) is 21.4 Å². The summed E-state index contributed by atoms with van der Waals surface area (Å²) in [5.74, 6) is 0.402. The van der Waals surface area contributed by atoms with Gasteiger partial charge in [-0.3, -0.25) is 0 Å². The van der Waals surface area contributed by atoms with Crippen molar-refractivity contribution in [3.8, 4) is 0 Å². The number of aromatic amines is 1. The highest BCUT2D eigenvalue weighted by atomic mass is 32.2. The summed E-state index contributed by atoms with van der Waals surface area (Å²) >= 11 is 0. The van der Waals surface area contributed by atoms with Gasteiger partial charge in [-0.05, 0) is 43.4 Å². The summed E-state index contributed by atoms with van der Waals surface area (Å²) in [6.07, 6.45) is 3.79. The van der Waals surface area contributed by atoms with Crippen LogP contribution >= 0.6 is 0 Å². The van der Waals surface area contributed by atoms with Crippen molar-refractivity contribution in [1.29, 1.82) is 0 Å². The van der Waals surface area contributed by atoms with E-state index in [9.17, 15) is 8.42 Å². The highest BCUT2D eigenvalue weighted by Crippen LogP contribution is 2.34. The van der Waals surface area contributed by atoms with Crippen molar-refractivity contribution in [2.45, 2.75) is 30.9 Å². The first kappa shape index (κ1) is 15.1. The zero-order valence-electron chi connectivity index (χ0n) is 13.2. The number of sulfonamides is 1. The van der Waals surface area contributed by atoms with Crippen LogP contribution in [-0.2, 0) is 10.0 Å². The molecule has 0 unspecified atom stereocenters. The Labute approximate surface area is 136 Å². The highest BCUT2D eigenvalue weighted by Gasteiger charge is 2.38. The SMILES string of the molecule is Cc1ccc2c(C3CCN(S(=O)(=O)C4CNC4)CC3)c[nH]c2n1. The van der Waals surface area contributed by atoms with Gasteiger partial charge in [-0.2, -0.15) is 0 Å². The molecule has 0 radical (unpaired) electrons. The summed E-state index contributed by atoms with van der Waals surface area (Å²) in [5.41, 5.74) is 3.20. The Kier molecular flexibility index (Phi) is 3.66. The average molecular weight is 334 g/mol. The van der Waals surface area contributed by atoms with Gasteiger partial charge in [0.15, 0.2) is 0 Å². The van der Waals surface area contributed by atoms with Crippen LogP contribution in [0.3, 0.4) is 0 Å². The molecule has 0 atom stereocenters. The van der Waals surface area contributed by atoms with Gasteiger partial charge in [-0.1, -0.05) is 0 Å². The smallest absolute Gasteiger partial charge is 0.219 e. The standard InChI is InChI=1S/C16H22N4O2S/c1-11-2-3-14-15(10-18-16(14)19-11)12-4-6-20(7-5-12)23(21,22)13-8-17-9-13/h2-3,10,12-13,17H,4-9H2,1H3,(H,18,19). The van der Waals surface area contributed by atoms with E-state index < -0.39 is 10.0 Å². The minimum Gasteiger partial charge on any atom is -0.346 e. The molecule has 124 valence electrons. The number of piperidine rings is 1. The molecule has 2 N–H and O–H groups in total. The summed E-state index contributed by atoms with van der Waals surface area (Å²) in [4.78, 5) is 7.77. The summed E-state index contributed by atoms with van der Waals surface area (Å²) in [6.45, 7) is 4.41. The normalized spacial score (nSPS) is 21.6. The van der Waals surface area contributed by atoms with Gasteiger partial charge in [0.05, 0.1) is 0 Å². The molecule has 2 aliphatic heterocycles. The lowest BCUT2D eigenvalue weighted by atomic mass is 9.90. The zero-order valence-corrected chi connectivity index (χ0v) is 14.1. The predicted octanol–water partition coefficient (Wildman–Crippen LogP) is 1.35. The Morgan fingerprint density at radius 2 is 1.96 bits per heavy atom. The van der Waals surface area contributed by atoms with Gasteiger partial charge in [-0.15, -0.1) is 0 Å². The van der Waals surface area contributed by atoms with E-state index >= 15 is 0 Å². The Balaban J connectivity index is 1.50. The average Bonchev–Trinajstić information content (AvgIpc) is 2.88. The Hall–Kier alpha value is -1.44. The Morgan fingerprint density at radius 3 is 2.61 bits per heavy atom. The molecule has 2 aromatic rings. The first-order valence-electron chi connectivity index (χ1n) is 8.20. The topological polar surface area (TPSA) is 78.1 Å². The molecule has 23 heavy (non-hydrogen) atoms. The first-order valence-corrected chi connectivity index (χ1v) is 9.70. The molecule has 4 rings (SSSR count). The molecule has 0 spiro atoms. The number of pyridine rings is 1. The molecule has 2 aromatic heterocycles. The van der Waals surface area contributed by atoms with Crippen LogP contribution < -0.4 is 5.32 Å². The maximum Gasteiger partial charge on any atom is 0.219 e. The molecule has 2 aliphatic rings.